The van der Waals surface area contributed by atoms with Crippen molar-refractivity contribution in [2.24, 2.45) is 5.73 Å². The Morgan fingerprint density at radius 2 is 2.24 bits per heavy atom. The van der Waals surface area contributed by atoms with Gasteiger partial charge in [0.05, 0.1) is 17.8 Å². The van der Waals surface area contributed by atoms with E-state index in [1.807, 2.05) is 6.07 Å². The maximum absolute atomic E-state index is 5.74. The van der Waals surface area contributed by atoms with Crippen LogP contribution in [0.25, 0.3) is 0 Å². The number of methoxy groups -OCH3 is 1. The number of nitrogens with two attached hydrogens (primary N) is 1. The molecule has 1 atom stereocenters. The largest absolute Gasteiger partial charge is 0.480 e. The smallest absolute Gasteiger partial charge is 0.233 e. The number of halogens is 1. The minimum atomic E-state index is 0.421. The lowest BCUT2D eigenvalue weighted by atomic mass is 9.98. The number of benzene rings is 1. The van der Waals surface area contributed by atoms with Crippen LogP contribution < -0.4 is 15.4 Å². The van der Waals surface area contributed by atoms with Crippen molar-refractivity contribution < 1.29 is 4.74 Å². The number of aromatic nitrogens is 2. The van der Waals surface area contributed by atoms with E-state index in [2.05, 4.69) is 49.0 Å². The van der Waals surface area contributed by atoms with Gasteiger partial charge in [0.15, 0.2) is 0 Å². The van der Waals surface area contributed by atoms with E-state index in [1.54, 1.807) is 13.3 Å². The molecule has 1 aliphatic rings. The minimum Gasteiger partial charge on any atom is -0.480 e. The second-order valence-corrected chi connectivity index (χ2v) is 5.83. The monoisotopic (exact) mass is 348 g/mol. The molecule has 2 aromatic rings. The van der Waals surface area contributed by atoms with E-state index >= 15 is 0 Å². The molecule has 0 aliphatic carbocycles. The third-order valence-electron chi connectivity index (χ3n) is 3.72. The molecule has 1 aliphatic heterocycles. The summed E-state index contributed by atoms with van der Waals surface area (Å²) in [5, 5.41) is 0. The van der Waals surface area contributed by atoms with Gasteiger partial charge in [-0.2, -0.15) is 4.98 Å². The Labute approximate surface area is 132 Å². The van der Waals surface area contributed by atoms with E-state index in [0.717, 1.165) is 23.1 Å². The first-order chi connectivity index (χ1) is 10.2. The van der Waals surface area contributed by atoms with E-state index in [4.69, 9.17) is 10.5 Å². The quantitative estimate of drug-likeness (QED) is 0.920. The van der Waals surface area contributed by atoms with Crippen LogP contribution >= 0.6 is 15.9 Å². The van der Waals surface area contributed by atoms with Crippen LogP contribution in [0.15, 0.2) is 34.9 Å². The molecule has 3 rings (SSSR count). The van der Waals surface area contributed by atoms with Crippen LogP contribution in [0.3, 0.4) is 0 Å². The Balaban J connectivity index is 2.00. The second kappa shape index (κ2) is 5.99. The molecule has 1 aromatic heterocycles. The maximum atomic E-state index is 5.74. The first kappa shape index (κ1) is 14.3. The van der Waals surface area contributed by atoms with Crippen LogP contribution in [0.4, 0.5) is 11.6 Å². The summed E-state index contributed by atoms with van der Waals surface area (Å²) in [5.74, 6) is 1.62. The van der Waals surface area contributed by atoms with Gasteiger partial charge in [0, 0.05) is 18.2 Å². The summed E-state index contributed by atoms with van der Waals surface area (Å²) in [7, 11) is 1.60. The summed E-state index contributed by atoms with van der Waals surface area (Å²) in [6.07, 6.45) is 2.68. The van der Waals surface area contributed by atoms with Crippen molar-refractivity contribution >= 4 is 27.6 Å². The minimum absolute atomic E-state index is 0.421. The first-order valence-electron chi connectivity index (χ1n) is 6.87. The molecule has 5 nitrogen and oxygen atoms in total. The first-order valence-corrected chi connectivity index (χ1v) is 7.67. The molecular formula is C15H17BrN4O. The molecule has 0 amide bonds. The summed E-state index contributed by atoms with van der Waals surface area (Å²) >= 11 is 3.38. The van der Waals surface area contributed by atoms with Gasteiger partial charge in [0.1, 0.15) is 0 Å². The van der Waals surface area contributed by atoms with Gasteiger partial charge >= 0.3 is 0 Å². The van der Waals surface area contributed by atoms with Crippen molar-refractivity contribution in [1.29, 1.82) is 0 Å². The average Bonchev–Trinajstić information content (AvgIpc) is 2.87. The molecule has 2 heterocycles. The molecule has 1 aromatic carbocycles. The van der Waals surface area contributed by atoms with Crippen LogP contribution in [0, 0.1) is 0 Å². The molecule has 6 heteroatoms. The molecule has 0 spiro atoms. The van der Waals surface area contributed by atoms with Gasteiger partial charge in [0.2, 0.25) is 11.8 Å². The van der Waals surface area contributed by atoms with Crippen LogP contribution in [-0.2, 0) is 0 Å². The third-order valence-corrected chi connectivity index (χ3v) is 4.26. The van der Waals surface area contributed by atoms with Crippen LogP contribution in [0.1, 0.15) is 17.9 Å². The van der Waals surface area contributed by atoms with Gasteiger partial charge in [-0.15, -0.1) is 0 Å². The maximum Gasteiger partial charge on any atom is 0.233 e. The Morgan fingerprint density at radius 1 is 1.43 bits per heavy atom. The lowest BCUT2D eigenvalue weighted by Crippen LogP contribution is -2.19. The number of anilines is 2. The molecule has 0 saturated carbocycles. The number of hydrogen-bond acceptors (Lipinski definition) is 5. The topological polar surface area (TPSA) is 64.3 Å². The van der Waals surface area contributed by atoms with E-state index in [1.165, 1.54) is 5.56 Å². The van der Waals surface area contributed by atoms with E-state index in [9.17, 15) is 0 Å². The Kier molecular flexibility index (Phi) is 4.07. The van der Waals surface area contributed by atoms with E-state index in [0.29, 0.717) is 24.3 Å². The van der Waals surface area contributed by atoms with Gasteiger partial charge in [-0.25, -0.2) is 4.98 Å². The van der Waals surface area contributed by atoms with Crippen molar-refractivity contribution in [3.63, 3.8) is 0 Å². The van der Waals surface area contributed by atoms with Gasteiger partial charge < -0.3 is 15.4 Å². The average molecular weight is 349 g/mol. The fourth-order valence-corrected chi connectivity index (χ4v) is 3.10. The lowest BCUT2D eigenvalue weighted by molar-refractivity contribution is 0.394. The predicted molar refractivity (Wildman–Crippen MR) is 86.1 cm³/mol. The van der Waals surface area contributed by atoms with E-state index in [-0.39, 0.29) is 0 Å². The van der Waals surface area contributed by atoms with Crippen molar-refractivity contribution in [2.75, 3.05) is 25.1 Å². The molecule has 0 saturated heterocycles. The van der Waals surface area contributed by atoms with Gasteiger partial charge in [0.25, 0.3) is 0 Å². The summed E-state index contributed by atoms with van der Waals surface area (Å²) in [6.45, 7) is 1.53. The highest BCUT2D eigenvalue weighted by molar-refractivity contribution is 9.10. The number of rotatable bonds is 4. The highest BCUT2D eigenvalue weighted by atomic mass is 79.9. The van der Waals surface area contributed by atoms with Gasteiger partial charge in [-0.05, 0) is 40.5 Å². The number of fused-ring (bicyclic) bond motifs is 1. The third kappa shape index (κ3) is 2.61. The standard InChI is InChI=1S/C15H17BrN4O/c1-21-14-12(16)8-18-15(19-14)20-9-10(6-7-17)11-4-2-3-5-13(11)20/h2-5,8,10H,6-7,9,17H2,1H3. The molecule has 0 fully saturated rings. The van der Waals surface area contributed by atoms with Crippen molar-refractivity contribution in [2.45, 2.75) is 12.3 Å². The highest BCUT2D eigenvalue weighted by Gasteiger charge is 2.30. The normalized spacial score (nSPS) is 16.9. The second-order valence-electron chi connectivity index (χ2n) is 4.97. The molecule has 21 heavy (non-hydrogen) atoms. The Hall–Kier alpha value is -1.66. The zero-order valence-electron chi connectivity index (χ0n) is 11.8. The number of ether oxygens (including phenoxy) is 1. The summed E-state index contributed by atoms with van der Waals surface area (Å²) in [6, 6.07) is 8.36. The highest BCUT2D eigenvalue weighted by Crippen LogP contribution is 2.41. The van der Waals surface area contributed by atoms with Crippen molar-refractivity contribution in [3.05, 3.63) is 40.5 Å². The van der Waals surface area contributed by atoms with Crippen LogP contribution in [0.2, 0.25) is 0 Å². The number of hydrogen-bond donors (Lipinski definition) is 1. The Bertz CT molecular complexity index is 649. The predicted octanol–water partition coefficient (Wildman–Crippen LogP) is 2.83. The van der Waals surface area contributed by atoms with Gasteiger partial charge in [-0.3, -0.25) is 0 Å². The fraction of sp³-hybridized carbons (Fsp3) is 0.333. The van der Waals surface area contributed by atoms with Gasteiger partial charge in [-0.1, -0.05) is 18.2 Å². The summed E-state index contributed by atoms with van der Waals surface area (Å²) in [4.78, 5) is 11.0. The summed E-state index contributed by atoms with van der Waals surface area (Å²) < 4.78 is 6.01. The molecular weight excluding hydrogens is 332 g/mol. The van der Waals surface area contributed by atoms with E-state index < -0.39 is 0 Å². The fourth-order valence-electron chi connectivity index (χ4n) is 2.75. The van der Waals surface area contributed by atoms with Crippen LogP contribution in [-0.4, -0.2) is 30.2 Å². The lowest BCUT2D eigenvalue weighted by Gasteiger charge is -2.18. The zero-order chi connectivity index (χ0) is 14.8. The molecule has 0 radical (unpaired) electrons. The van der Waals surface area contributed by atoms with Crippen molar-refractivity contribution in [1.82, 2.24) is 9.97 Å². The van der Waals surface area contributed by atoms with Crippen molar-refractivity contribution in [3.8, 4) is 5.88 Å². The molecule has 2 N–H and O–H groups in total. The molecule has 1 unspecified atom stereocenters. The number of para-hydroxylation sites is 1. The summed E-state index contributed by atoms with van der Waals surface area (Å²) in [5.41, 5.74) is 8.21. The SMILES string of the molecule is COc1nc(N2CC(CCN)c3ccccc32)ncc1Br. The zero-order valence-corrected chi connectivity index (χ0v) is 13.4. The Morgan fingerprint density at radius 3 is 3.00 bits per heavy atom. The van der Waals surface area contributed by atoms with Crippen LogP contribution in [0.5, 0.6) is 5.88 Å². The molecule has 0 bridgehead atoms. The number of nitrogens with zero attached hydrogens (tertiary/aromatic N) is 3. The molecule has 110 valence electrons.